The van der Waals surface area contributed by atoms with Gasteiger partial charge in [-0.25, -0.2) is 0 Å². The quantitative estimate of drug-likeness (QED) is 0.493. The van der Waals surface area contributed by atoms with E-state index < -0.39 is 29.0 Å². The molecule has 32 heavy (non-hydrogen) atoms. The van der Waals surface area contributed by atoms with Crippen molar-refractivity contribution in [2.24, 2.45) is 40.4 Å². The van der Waals surface area contributed by atoms with Crippen molar-refractivity contribution in [3.05, 3.63) is 12.2 Å². The van der Waals surface area contributed by atoms with Gasteiger partial charge in [-0.3, -0.25) is 0 Å². The molecule has 0 bridgehead atoms. The van der Waals surface area contributed by atoms with Crippen LogP contribution < -0.4 is 0 Å². The largest absolute Gasteiger partial charge is 0.393 e. The molecule has 0 aromatic carbocycles. The van der Waals surface area contributed by atoms with Crippen LogP contribution in [0.3, 0.4) is 0 Å². The predicted octanol–water partition coefficient (Wildman–Crippen LogP) is 3.80. The predicted molar refractivity (Wildman–Crippen MR) is 121 cm³/mol. The average molecular weight is 447 g/mol. The number of fused-ring (bicyclic) bond motifs is 7. The number of rotatable bonds is 0. The summed E-state index contributed by atoms with van der Waals surface area (Å²) >= 11 is 0. The molecule has 6 rings (SSSR count). The van der Waals surface area contributed by atoms with Crippen molar-refractivity contribution in [1.29, 1.82) is 0 Å². The van der Waals surface area contributed by atoms with Crippen LogP contribution >= 0.6 is 0 Å². The highest BCUT2D eigenvalue weighted by Crippen LogP contribution is 2.71. The third kappa shape index (κ3) is 2.58. The highest BCUT2D eigenvalue weighted by molar-refractivity contribution is 5.19. The van der Waals surface area contributed by atoms with Gasteiger partial charge < -0.3 is 24.8 Å². The Balaban J connectivity index is 1.29. The molecule has 0 unspecified atom stereocenters. The standard InChI is InChI=1S/C27H42O5/c1-15-5-10-27(31-14-15)16(2)23-21(32-27)12-20-18-6-9-26(30)13-17(28)11-22(29)25(26,4)19(18)7-8-24(20,23)3/h16-23,28-30H,1,5-14H2,2-4H3/t16-,17-,18+,19-,20-,21-,22+,23-,24-,25-,26-,27+/m0/s1. The Kier molecular flexibility index (Phi) is 4.69. The molecule has 2 saturated heterocycles. The highest BCUT2D eigenvalue weighted by atomic mass is 16.7. The molecule has 180 valence electrons. The fourth-order valence-corrected chi connectivity index (χ4v) is 10.2. The molecule has 5 nitrogen and oxygen atoms in total. The van der Waals surface area contributed by atoms with Crippen LogP contribution in [0, 0.1) is 40.4 Å². The molecule has 6 fully saturated rings. The maximum absolute atomic E-state index is 11.7. The van der Waals surface area contributed by atoms with Crippen molar-refractivity contribution in [2.45, 2.75) is 108 Å². The summed E-state index contributed by atoms with van der Waals surface area (Å²) in [4.78, 5) is 0. The molecule has 2 heterocycles. The smallest absolute Gasteiger partial charge is 0.172 e. The van der Waals surface area contributed by atoms with Gasteiger partial charge in [0.05, 0.1) is 30.5 Å². The van der Waals surface area contributed by atoms with E-state index in [9.17, 15) is 15.3 Å². The van der Waals surface area contributed by atoms with E-state index in [-0.39, 0.29) is 11.5 Å². The topological polar surface area (TPSA) is 79.2 Å². The summed E-state index contributed by atoms with van der Waals surface area (Å²) in [5.41, 5.74) is -0.0986. The van der Waals surface area contributed by atoms with Gasteiger partial charge in [0.15, 0.2) is 5.79 Å². The average Bonchev–Trinajstić information content (AvgIpc) is 3.17. The van der Waals surface area contributed by atoms with Crippen LogP contribution in [-0.4, -0.2) is 51.6 Å². The summed E-state index contributed by atoms with van der Waals surface area (Å²) < 4.78 is 13.1. The minimum absolute atomic E-state index is 0.220. The monoisotopic (exact) mass is 446 g/mol. The molecule has 1 spiro atoms. The van der Waals surface area contributed by atoms with Gasteiger partial charge in [-0.1, -0.05) is 32.9 Å². The summed E-state index contributed by atoms with van der Waals surface area (Å²) in [6, 6.07) is 0. The Labute approximate surface area is 192 Å². The van der Waals surface area contributed by atoms with Crippen molar-refractivity contribution in [2.75, 3.05) is 6.61 Å². The van der Waals surface area contributed by atoms with E-state index in [2.05, 4.69) is 27.4 Å². The molecule has 0 amide bonds. The van der Waals surface area contributed by atoms with Crippen molar-refractivity contribution >= 4 is 0 Å². The van der Waals surface area contributed by atoms with Crippen LogP contribution in [0.5, 0.6) is 0 Å². The molecule has 5 heteroatoms. The van der Waals surface area contributed by atoms with Crippen LogP contribution in [-0.2, 0) is 9.47 Å². The Hall–Kier alpha value is -0.460. The maximum Gasteiger partial charge on any atom is 0.172 e. The van der Waals surface area contributed by atoms with E-state index >= 15 is 0 Å². The number of hydrogen-bond acceptors (Lipinski definition) is 5. The zero-order valence-corrected chi connectivity index (χ0v) is 20.1. The molecule has 0 radical (unpaired) electrons. The SMILES string of the molecule is C=C1CC[C@@]2(OC1)O[C@H]1C[C@H]3[C@@H]4CC[C@]5(O)C[C@@H](O)C[C@@H](O)[C@]5(C)[C@H]4CC[C@]3(C)[C@H]1[C@@H]2C. The molecule has 2 aliphatic heterocycles. The molecular weight excluding hydrogens is 404 g/mol. The lowest BCUT2D eigenvalue weighted by molar-refractivity contribution is -0.267. The fourth-order valence-electron chi connectivity index (χ4n) is 10.2. The Morgan fingerprint density at radius 2 is 1.81 bits per heavy atom. The van der Waals surface area contributed by atoms with E-state index in [1.54, 1.807) is 0 Å². The van der Waals surface area contributed by atoms with Crippen LogP contribution in [0.25, 0.3) is 0 Å². The van der Waals surface area contributed by atoms with Crippen molar-refractivity contribution in [3.63, 3.8) is 0 Å². The molecular formula is C27H42O5. The van der Waals surface area contributed by atoms with E-state index in [1.807, 2.05) is 0 Å². The minimum atomic E-state index is -0.959. The van der Waals surface area contributed by atoms with Gasteiger partial charge in [0.1, 0.15) is 0 Å². The van der Waals surface area contributed by atoms with Crippen LogP contribution in [0.15, 0.2) is 12.2 Å². The first-order valence-corrected chi connectivity index (χ1v) is 13.1. The third-order valence-corrected chi connectivity index (χ3v) is 11.9. The van der Waals surface area contributed by atoms with Crippen LogP contribution in [0.1, 0.15) is 78.6 Å². The molecule has 3 N–H and O–H groups in total. The Morgan fingerprint density at radius 3 is 2.53 bits per heavy atom. The second kappa shape index (κ2) is 6.81. The lowest BCUT2D eigenvalue weighted by Crippen LogP contribution is -2.68. The van der Waals surface area contributed by atoms with Gasteiger partial charge in [0, 0.05) is 24.2 Å². The maximum atomic E-state index is 11.7. The first kappa shape index (κ1) is 22.0. The molecule has 0 aromatic rings. The van der Waals surface area contributed by atoms with Crippen molar-refractivity contribution in [3.8, 4) is 0 Å². The molecule has 12 atom stereocenters. The lowest BCUT2D eigenvalue weighted by atomic mass is 9.42. The van der Waals surface area contributed by atoms with Crippen LogP contribution in [0.2, 0.25) is 0 Å². The summed E-state index contributed by atoms with van der Waals surface area (Å²) in [7, 11) is 0. The van der Waals surface area contributed by atoms with Gasteiger partial charge in [-0.2, -0.15) is 0 Å². The summed E-state index contributed by atoms with van der Waals surface area (Å²) in [6.07, 6.45) is 6.64. The molecule has 4 aliphatic carbocycles. The number of hydrogen-bond donors (Lipinski definition) is 3. The van der Waals surface area contributed by atoms with E-state index in [1.165, 1.54) is 5.57 Å². The van der Waals surface area contributed by atoms with Gasteiger partial charge in [-0.05, 0) is 74.0 Å². The Morgan fingerprint density at radius 1 is 1.03 bits per heavy atom. The zero-order chi connectivity index (χ0) is 22.7. The van der Waals surface area contributed by atoms with E-state index in [4.69, 9.17) is 9.47 Å². The Bertz CT molecular complexity index is 802. The molecule has 4 saturated carbocycles. The fraction of sp³-hybridized carbons (Fsp3) is 0.926. The van der Waals surface area contributed by atoms with E-state index in [0.717, 1.165) is 38.5 Å². The molecule has 6 aliphatic rings. The summed E-state index contributed by atoms with van der Waals surface area (Å²) in [5.74, 6) is 1.82. The lowest BCUT2D eigenvalue weighted by Gasteiger charge is -2.65. The second-order valence-electron chi connectivity index (χ2n) is 12.9. The van der Waals surface area contributed by atoms with Gasteiger partial charge in [0.25, 0.3) is 0 Å². The summed E-state index contributed by atoms with van der Waals surface area (Å²) in [6.45, 7) is 11.7. The van der Waals surface area contributed by atoms with Crippen molar-refractivity contribution in [1.82, 2.24) is 0 Å². The first-order valence-electron chi connectivity index (χ1n) is 13.1. The minimum Gasteiger partial charge on any atom is -0.393 e. The van der Waals surface area contributed by atoms with Crippen molar-refractivity contribution < 1.29 is 24.8 Å². The third-order valence-electron chi connectivity index (χ3n) is 11.9. The number of aliphatic hydroxyl groups is 3. The number of ether oxygens (including phenoxy) is 2. The first-order chi connectivity index (χ1) is 15.0. The molecule has 0 aromatic heterocycles. The van der Waals surface area contributed by atoms with Gasteiger partial charge in [0.2, 0.25) is 0 Å². The normalized spacial score (nSPS) is 61.8. The highest BCUT2D eigenvalue weighted by Gasteiger charge is 2.71. The second-order valence-corrected chi connectivity index (χ2v) is 12.9. The van der Waals surface area contributed by atoms with Gasteiger partial charge >= 0.3 is 0 Å². The van der Waals surface area contributed by atoms with Crippen LogP contribution in [0.4, 0.5) is 0 Å². The van der Waals surface area contributed by atoms with Gasteiger partial charge in [-0.15, -0.1) is 0 Å². The van der Waals surface area contributed by atoms with E-state index in [0.29, 0.717) is 55.5 Å². The number of aliphatic hydroxyl groups excluding tert-OH is 2. The zero-order valence-electron chi connectivity index (χ0n) is 20.1. The summed E-state index contributed by atoms with van der Waals surface area (Å²) in [5, 5.41) is 33.1.